The lowest BCUT2D eigenvalue weighted by Crippen LogP contribution is -2.26. The number of hydrogen-bond acceptors (Lipinski definition) is 1. The molecule has 0 atom stereocenters. The molecule has 19 heavy (non-hydrogen) atoms. The number of rotatable bonds is 12. The van der Waals surface area contributed by atoms with E-state index in [0.717, 1.165) is 0 Å². The van der Waals surface area contributed by atoms with Gasteiger partial charge in [0.05, 0.1) is 0 Å². The Kier molecular flexibility index (Phi) is 12.6. The molecule has 0 heterocycles. The molecule has 0 aliphatic heterocycles. The number of hydrogen-bond donors (Lipinski definition) is 0. The molecule has 0 unspecified atom stereocenters. The highest BCUT2D eigenvalue weighted by atomic mass is 28.1. The zero-order valence-corrected chi connectivity index (χ0v) is 16.2. The third-order valence-electron chi connectivity index (χ3n) is 3.82. The Morgan fingerprint density at radius 2 is 1.32 bits per heavy atom. The summed E-state index contributed by atoms with van der Waals surface area (Å²) in [5.74, 6) is 0. The first-order chi connectivity index (χ1) is 9.21. The van der Waals surface area contributed by atoms with Gasteiger partial charge in [0.2, 0.25) is 0 Å². The summed E-state index contributed by atoms with van der Waals surface area (Å²) >= 11 is 0. The van der Waals surface area contributed by atoms with Gasteiger partial charge in [-0.1, -0.05) is 58.6 Å². The van der Waals surface area contributed by atoms with Gasteiger partial charge in [-0.15, -0.1) is 0 Å². The van der Waals surface area contributed by atoms with Crippen LogP contribution in [0.15, 0.2) is 10.9 Å². The van der Waals surface area contributed by atoms with Crippen LogP contribution in [-0.2, 0) is 0 Å². The summed E-state index contributed by atoms with van der Waals surface area (Å²) in [7, 11) is 1.25. The minimum Gasteiger partial charge on any atom is -0.375 e. The molecule has 0 aromatic rings. The summed E-state index contributed by atoms with van der Waals surface area (Å²) in [6.45, 7) is 11.8. The molecule has 0 saturated heterocycles. The highest BCUT2D eigenvalue weighted by molar-refractivity contribution is 6.21. The highest BCUT2D eigenvalue weighted by Gasteiger charge is 2.11. The number of unbranched alkanes of at least 4 members (excludes halogenated alkanes) is 3. The summed E-state index contributed by atoms with van der Waals surface area (Å²) in [5.41, 5.74) is 1.73. The molecule has 0 aromatic carbocycles. The van der Waals surface area contributed by atoms with Crippen molar-refractivity contribution in [3.8, 4) is 0 Å². The fourth-order valence-electron chi connectivity index (χ4n) is 2.57. The molecule has 0 aliphatic carbocycles. The zero-order chi connectivity index (χ0) is 14.5. The van der Waals surface area contributed by atoms with Crippen LogP contribution in [0.5, 0.6) is 0 Å². The van der Waals surface area contributed by atoms with Crippen LogP contribution in [0.2, 0.25) is 0 Å². The first kappa shape index (κ1) is 18.8. The van der Waals surface area contributed by atoms with Crippen molar-refractivity contribution in [3.05, 3.63) is 10.9 Å². The Balaban J connectivity index is 4.80. The normalized spacial score (nSPS) is 12.6. The van der Waals surface area contributed by atoms with E-state index in [9.17, 15) is 0 Å². The molecule has 0 N–H and O–H groups in total. The average Bonchev–Trinajstić information content (AvgIpc) is 2.42. The predicted octanol–water partition coefficient (Wildman–Crippen LogP) is 4.46. The van der Waals surface area contributed by atoms with Gasteiger partial charge >= 0.3 is 0 Å². The smallest absolute Gasteiger partial charge is 0.0355 e. The van der Waals surface area contributed by atoms with Gasteiger partial charge in [0.1, 0.15) is 0 Å². The molecule has 0 saturated carbocycles. The molecule has 114 valence electrons. The molecule has 2 heteroatoms. The van der Waals surface area contributed by atoms with Crippen LogP contribution in [0, 0.1) is 0 Å². The van der Waals surface area contributed by atoms with Gasteiger partial charge in [0.15, 0.2) is 0 Å². The highest BCUT2D eigenvalue weighted by Crippen LogP contribution is 2.20. The fourth-order valence-corrected chi connectivity index (χ4v) is 3.49. The lowest BCUT2D eigenvalue weighted by molar-refractivity contribution is 0.321. The van der Waals surface area contributed by atoms with Crippen LogP contribution in [0.1, 0.15) is 85.5 Å². The van der Waals surface area contributed by atoms with Crippen LogP contribution >= 0.6 is 0 Å². The third-order valence-corrected chi connectivity index (χ3v) is 4.90. The van der Waals surface area contributed by atoms with Gasteiger partial charge < -0.3 is 4.90 Å². The van der Waals surface area contributed by atoms with E-state index in [-0.39, 0.29) is 0 Å². The van der Waals surface area contributed by atoms with Gasteiger partial charge in [0.25, 0.3) is 0 Å². The molecule has 0 bridgehead atoms. The van der Waals surface area contributed by atoms with Crippen molar-refractivity contribution in [1.82, 2.24) is 4.90 Å². The second-order valence-electron chi connectivity index (χ2n) is 5.77. The van der Waals surface area contributed by atoms with Crippen molar-refractivity contribution < 1.29 is 0 Å². The fraction of sp³-hybridized carbons (Fsp3) is 0.882. The zero-order valence-electron chi connectivity index (χ0n) is 14.2. The molecular weight excluding hydrogens is 246 g/mol. The minimum absolute atomic E-state index is 1.25. The van der Waals surface area contributed by atoms with E-state index in [2.05, 4.69) is 32.6 Å². The quantitative estimate of drug-likeness (QED) is 0.478. The summed E-state index contributed by atoms with van der Waals surface area (Å²) in [5, 5.41) is 1.79. The van der Waals surface area contributed by atoms with Gasteiger partial charge in [-0.05, 0) is 32.1 Å². The second-order valence-corrected chi connectivity index (χ2v) is 6.98. The van der Waals surface area contributed by atoms with E-state index in [1.54, 1.807) is 10.9 Å². The Hall–Kier alpha value is -0.243. The van der Waals surface area contributed by atoms with Crippen molar-refractivity contribution in [2.45, 2.75) is 85.5 Å². The van der Waals surface area contributed by atoms with E-state index in [0.29, 0.717) is 0 Å². The summed E-state index contributed by atoms with van der Waals surface area (Å²) in [6, 6.07) is 0. The SMILES string of the molecule is CCCCC([SiH3])=C(CCCC)N(CCC)CCCC. The molecule has 0 spiro atoms. The van der Waals surface area contributed by atoms with Gasteiger partial charge in [-0.25, -0.2) is 0 Å². The Bertz CT molecular complexity index is 235. The monoisotopic (exact) mass is 283 g/mol. The molecule has 0 aliphatic rings. The van der Waals surface area contributed by atoms with Crippen molar-refractivity contribution in [2.75, 3.05) is 13.1 Å². The Morgan fingerprint density at radius 3 is 1.84 bits per heavy atom. The summed E-state index contributed by atoms with van der Waals surface area (Å²) in [6.07, 6.45) is 12.0. The molecule has 0 rings (SSSR count). The third kappa shape index (κ3) is 8.51. The molecule has 0 aromatic heterocycles. The molecule has 0 radical (unpaired) electrons. The maximum Gasteiger partial charge on any atom is 0.0355 e. The van der Waals surface area contributed by atoms with Crippen LogP contribution in [-0.4, -0.2) is 28.2 Å². The van der Waals surface area contributed by atoms with Crippen LogP contribution in [0.25, 0.3) is 0 Å². The molecule has 1 nitrogen and oxygen atoms in total. The van der Waals surface area contributed by atoms with Gasteiger partial charge in [-0.2, -0.15) is 0 Å². The molecule has 0 amide bonds. The number of allylic oxidation sites excluding steroid dienone is 2. The number of nitrogens with zero attached hydrogens (tertiary/aromatic N) is 1. The van der Waals surface area contributed by atoms with E-state index < -0.39 is 0 Å². The maximum absolute atomic E-state index is 2.72. The lowest BCUT2D eigenvalue weighted by Gasteiger charge is -2.29. The van der Waals surface area contributed by atoms with E-state index in [4.69, 9.17) is 0 Å². The van der Waals surface area contributed by atoms with Crippen LogP contribution in [0.4, 0.5) is 0 Å². The first-order valence-electron chi connectivity index (χ1n) is 8.64. The molecule has 0 fully saturated rings. The maximum atomic E-state index is 2.72. The van der Waals surface area contributed by atoms with E-state index >= 15 is 0 Å². The summed E-state index contributed by atoms with van der Waals surface area (Å²) < 4.78 is 0. The van der Waals surface area contributed by atoms with E-state index in [1.165, 1.54) is 81.1 Å². The van der Waals surface area contributed by atoms with Gasteiger partial charge in [-0.3, -0.25) is 0 Å². The van der Waals surface area contributed by atoms with E-state index in [1.807, 2.05) is 0 Å². The van der Waals surface area contributed by atoms with Crippen molar-refractivity contribution in [1.29, 1.82) is 0 Å². The van der Waals surface area contributed by atoms with Crippen LogP contribution < -0.4 is 0 Å². The minimum atomic E-state index is 1.25. The lowest BCUT2D eigenvalue weighted by atomic mass is 10.1. The van der Waals surface area contributed by atoms with Crippen molar-refractivity contribution in [3.63, 3.8) is 0 Å². The standard InChI is InChI=1S/C17H37NSi/c1-5-9-12-16(17(19)13-10-6-2)18(14-8-4)15-11-7-3/h5-15H2,1-4,19H3. The predicted molar refractivity (Wildman–Crippen MR) is 92.8 cm³/mol. The van der Waals surface area contributed by atoms with Crippen molar-refractivity contribution in [2.24, 2.45) is 0 Å². The topological polar surface area (TPSA) is 3.24 Å². The van der Waals surface area contributed by atoms with Gasteiger partial charge in [0, 0.05) is 29.0 Å². The average molecular weight is 284 g/mol. The Labute approximate surface area is 125 Å². The first-order valence-corrected chi connectivity index (χ1v) is 9.64. The second kappa shape index (κ2) is 12.8. The van der Waals surface area contributed by atoms with Crippen LogP contribution in [0.3, 0.4) is 0 Å². The summed E-state index contributed by atoms with van der Waals surface area (Å²) in [4.78, 5) is 2.72. The molecular formula is C17H37NSi. The van der Waals surface area contributed by atoms with Crippen molar-refractivity contribution >= 4 is 10.2 Å². The largest absolute Gasteiger partial charge is 0.375 e. The Morgan fingerprint density at radius 1 is 0.737 bits per heavy atom.